The van der Waals surface area contributed by atoms with E-state index < -0.39 is 0 Å². The zero-order chi connectivity index (χ0) is 14.8. The summed E-state index contributed by atoms with van der Waals surface area (Å²) in [4.78, 5) is 11.4. The Morgan fingerprint density at radius 2 is 1.95 bits per heavy atom. The molecule has 0 radical (unpaired) electrons. The van der Waals surface area contributed by atoms with Gasteiger partial charge in [0.1, 0.15) is 0 Å². The number of amides is 1. The summed E-state index contributed by atoms with van der Waals surface area (Å²) < 4.78 is 0. The summed E-state index contributed by atoms with van der Waals surface area (Å²) in [6, 6.07) is 7.68. The van der Waals surface area contributed by atoms with Crippen LogP contribution < -0.4 is 16.2 Å². The third-order valence-corrected chi connectivity index (χ3v) is 3.18. The average molecular weight is 314 g/mol. The van der Waals surface area contributed by atoms with Gasteiger partial charge in [-0.1, -0.05) is 37.1 Å². The predicted molar refractivity (Wildman–Crippen MR) is 86.6 cm³/mol. The van der Waals surface area contributed by atoms with Gasteiger partial charge in [0.25, 0.3) is 0 Å². The fraction of sp³-hybridized carbons (Fsp3) is 0.429. The van der Waals surface area contributed by atoms with Crippen LogP contribution >= 0.6 is 23.8 Å². The van der Waals surface area contributed by atoms with Crippen LogP contribution in [0.15, 0.2) is 24.3 Å². The van der Waals surface area contributed by atoms with E-state index >= 15 is 0 Å². The number of thiocarbonyl (C=S) groups is 1. The van der Waals surface area contributed by atoms with Gasteiger partial charge in [-0.3, -0.25) is 15.6 Å². The average Bonchev–Trinajstić information content (AvgIpc) is 2.45. The van der Waals surface area contributed by atoms with Crippen LogP contribution in [0, 0.1) is 0 Å². The first-order chi connectivity index (χ1) is 9.61. The third-order valence-electron chi connectivity index (χ3n) is 2.69. The zero-order valence-electron chi connectivity index (χ0n) is 11.5. The highest BCUT2D eigenvalue weighted by Gasteiger charge is 2.01. The number of benzene rings is 1. The molecule has 0 spiro atoms. The van der Waals surface area contributed by atoms with E-state index in [0.29, 0.717) is 18.1 Å². The minimum atomic E-state index is -0.0475. The topological polar surface area (TPSA) is 53.2 Å². The first-order valence-electron chi connectivity index (χ1n) is 6.69. The van der Waals surface area contributed by atoms with Crippen molar-refractivity contribution in [3.63, 3.8) is 0 Å². The van der Waals surface area contributed by atoms with E-state index in [-0.39, 0.29) is 5.91 Å². The van der Waals surface area contributed by atoms with Gasteiger partial charge in [-0.2, -0.15) is 0 Å². The van der Waals surface area contributed by atoms with E-state index in [1.165, 1.54) is 5.56 Å². The highest BCUT2D eigenvalue weighted by molar-refractivity contribution is 7.80. The fourth-order valence-corrected chi connectivity index (χ4v) is 1.82. The fourth-order valence-electron chi connectivity index (χ4n) is 1.54. The summed E-state index contributed by atoms with van der Waals surface area (Å²) in [5.74, 6) is -0.0475. The van der Waals surface area contributed by atoms with Gasteiger partial charge in [-0.25, -0.2) is 0 Å². The minimum Gasteiger partial charge on any atom is -0.361 e. The number of rotatable bonds is 6. The van der Waals surface area contributed by atoms with Crippen LogP contribution in [0.2, 0.25) is 5.02 Å². The summed E-state index contributed by atoms with van der Waals surface area (Å²) in [7, 11) is 0. The highest BCUT2D eigenvalue weighted by atomic mass is 35.5. The van der Waals surface area contributed by atoms with Gasteiger partial charge < -0.3 is 5.32 Å². The molecule has 0 heterocycles. The molecular weight excluding hydrogens is 294 g/mol. The number of carbonyl (C=O) groups excluding carboxylic acids is 1. The van der Waals surface area contributed by atoms with Crippen molar-refractivity contribution < 1.29 is 4.79 Å². The van der Waals surface area contributed by atoms with Gasteiger partial charge in [-0.15, -0.1) is 0 Å². The Kier molecular flexibility index (Phi) is 7.99. The Morgan fingerprint density at radius 3 is 2.60 bits per heavy atom. The molecule has 110 valence electrons. The molecule has 0 saturated heterocycles. The van der Waals surface area contributed by atoms with E-state index in [9.17, 15) is 4.79 Å². The molecule has 0 bridgehead atoms. The van der Waals surface area contributed by atoms with E-state index in [1.807, 2.05) is 31.2 Å². The molecule has 0 fully saturated rings. The van der Waals surface area contributed by atoms with E-state index in [2.05, 4.69) is 16.2 Å². The van der Waals surface area contributed by atoms with Crippen molar-refractivity contribution in [1.29, 1.82) is 0 Å². The van der Waals surface area contributed by atoms with Crippen LogP contribution in [0.4, 0.5) is 0 Å². The Bertz CT molecular complexity index is 437. The predicted octanol–water partition coefficient (Wildman–Crippen LogP) is 2.57. The van der Waals surface area contributed by atoms with Crippen LogP contribution in [-0.2, 0) is 11.2 Å². The Balaban J connectivity index is 2.14. The van der Waals surface area contributed by atoms with Gasteiger partial charge in [0.05, 0.1) is 0 Å². The number of carbonyl (C=O) groups is 1. The molecule has 0 aliphatic heterocycles. The van der Waals surface area contributed by atoms with Crippen molar-refractivity contribution in [3.8, 4) is 0 Å². The molecule has 0 saturated carbocycles. The normalized spacial score (nSPS) is 9.90. The largest absolute Gasteiger partial charge is 0.361 e. The lowest BCUT2D eigenvalue weighted by molar-refractivity contribution is -0.121. The molecule has 4 nitrogen and oxygen atoms in total. The van der Waals surface area contributed by atoms with Crippen molar-refractivity contribution in [1.82, 2.24) is 16.2 Å². The van der Waals surface area contributed by atoms with Crippen molar-refractivity contribution >= 4 is 34.8 Å². The minimum absolute atomic E-state index is 0.0475. The lowest BCUT2D eigenvalue weighted by Crippen LogP contribution is -2.47. The molecule has 20 heavy (non-hydrogen) atoms. The SMILES string of the molecule is CCCCC(=O)NNC(=S)NCCc1ccc(Cl)cc1. The molecular formula is C14H20ClN3OS. The molecule has 6 heteroatoms. The zero-order valence-corrected chi connectivity index (χ0v) is 13.1. The van der Waals surface area contributed by atoms with Crippen molar-refractivity contribution in [3.05, 3.63) is 34.9 Å². The second-order valence-electron chi connectivity index (χ2n) is 4.41. The highest BCUT2D eigenvalue weighted by Crippen LogP contribution is 2.09. The lowest BCUT2D eigenvalue weighted by Gasteiger charge is -2.11. The molecule has 0 aliphatic carbocycles. The maximum atomic E-state index is 11.4. The summed E-state index contributed by atoms with van der Waals surface area (Å²) in [5, 5.41) is 4.18. The standard InChI is InChI=1S/C14H20ClN3OS/c1-2-3-4-13(19)17-18-14(20)16-10-9-11-5-7-12(15)8-6-11/h5-8H,2-4,9-10H2,1H3,(H,17,19)(H2,16,18,20). The van der Waals surface area contributed by atoms with Crippen LogP contribution in [0.3, 0.4) is 0 Å². The van der Waals surface area contributed by atoms with Gasteiger partial charge in [-0.05, 0) is 42.8 Å². The van der Waals surface area contributed by atoms with Crippen LogP contribution in [0.25, 0.3) is 0 Å². The molecule has 0 aliphatic rings. The monoisotopic (exact) mass is 313 g/mol. The number of halogens is 1. The lowest BCUT2D eigenvalue weighted by atomic mass is 10.1. The van der Waals surface area contributed by atoms with Crippen molar-refractivity contribution in [2.24, 2.45) is 0 Å². The Hall–Kier alpha value is -1.33. The van der Waals surface area contributed by atoms with E-state index in [0.717, 1.165) is 24.3 Å². The quantitative estimate of drug-likeness (QED) is 0.558. The number of nitrogens with one attached hydrogen (secondary N) is 3. The van der Waals surface area contributed by atoms with Gasteiger partial charge >= 0.3 is 0 Å². The number of unbranched alkanes of at least 4 members (excludes halogenated alkanes) is 1. The second kappa shape index (κ2) is 9.55. The number of hydrogen-bond donors (Lipinski definition) is 3. The first kappa shape index (κ1) is 16.7. The molecule has 0 aromatic heterocycles. The van der Waals surface area contributed by atoms with E-state index in [1.54, 1.807) is 0 Å². The van der Waals surface area contributed by atoms with E-state index in [4.69, 9.17) is 23.8 Å². The number of hydrazine groups is 1. The van der Waals surface area contributed by atoms with Gasteiger partial charge in [0.15, 0.2) is 5.11 Å². The molecule has 1 aromatic rings. The first-order valence-corrected chi connectivity index (χ1v) is 7.47. The maximum absolute atomic E-state index is 11.4. The van der Waals surface area contributed by atoms with Crippen LogP contribution in [-0.4, -0.2) is 17.6 Å². The number of hydrogen-bond acceptors (Lipinski definition) is 2. The maximum Gasteiger partial charge on any atom is 0.238 e. The van der Waals surface area contributed by atoms with Crippen molar-refractivity contribution in [2.75, 3.05) is 6.54 Å². The van der Waals surface area contributed by atoms with Crippen molar-refractivity contribution in [2.45, 2.75) is 32.6 Å². The smallest absolute Gasteiger partial charge is 0.238 e. The Labute approximate surface area is 130 Å². The second-order valence-corrected chi connectivity index (χ2v) is 5.25. The van der Waals surface area contributed by atoms with Gasteiger partial charge in [0, 0.05) is 18.0 Å². The molecule has 3 N–H and O–H groups in total. The molecule has 1 rings (SSSR count). The van der Waals surface area contributed by atoms with Crippen LogP contribution in [0.5, 0.6) is 0 Å². The molecule has 1 aromatic carbocycles. The molecule has 0 atom stereocenters. The molecule has 1 amide bonds. The molecule has 0 unspecified atom stereocenters. The Morgan fingerprint density at radius 1 is 1.25 bits per heavy atom. The van der Waals surface area contributed by atoms with Crippen LogP contribution in [0.1, 0.15) is 31.7 Å². The van der Waals surface area contributed by atoms with Gasteiger partial charge in [0.2, 0.25) is 5.91 Å². The summed E-state index contributed by atoms with van der Waals surface area (Å²) >= 11 is 10.9. The summed E-state index contributed by atoms with van der Waals surface area (Å²) in [5.41, 5.74) is 6.43. The summed E-state index contributed by atoms with van der Waals surface area (Å²) in [6.07, 6.45) is 3.22. The summed E-state index contributed by atoms with van der Waals surface area (Å²) in [6.45, 7) is 2.74. The third kappa shape index (κ3) is 7.31.